The van der Waals surface area contributed by atoms with Gasteiger partial charge in [-0.2, -0.15) is 0 Å². The van der Waals surface area contributed by atoms with Crippen LogP contribution in [0.25, 0.3) is 0 Å². The quantitative estimate of drug-likeness (QED) is 0.770. The number of aliphatic carboxylic acids is 1. The lowest BCUT2D eigenvalue weighted by molar-refractivity contribution is -0.136. The lowest BCUT2D eigenvalue weighted by Gasteiger charge is -2.14. The number of methoxy groups -OCH3 is 3. The SMILES string of the molecule is COc1cc(OC)c(OC)cc1NCCC(=O)O. The zero-order chi connectivity index (χ0) is 13.5. The number of ether oxygens (including phenoxy) is 3. The first-order valence-electron chi connectivity index (χ1n) is 5.38. The fraction of sp³-hybridized carbons (Fsp3) is 0.417. The molecule has 0 saturated heterocycles. The molecular weight excluding hydrogens is 238 g/mol. The van der Waals surface area contributed by atoms with Crippen molar-refractivity contribution in [3.63, 3.8) is 0 Å². The molecule has 18 heavy (non-hydrogen) atoms. The molecule has 6 nitrogen and oxygen atoms in total. The molecule has 0 radical (unpaired) electrons. The predicted molar refractivity (Wildman–Crippen MR) is 66.8 cm³/mol. The maximum absolute atomic E-state index is 10.5. The van der Waals surface area contributed by atoms with Crippen LogP contribution in [0.1, 0.15) is 6.42 Å². The third-order valence-corrected chi connectivity index (χ3v) is 2.36. The summed E-state index contributed by atoms with van der Waals surface area (Å²) in [7, 11) is 4.60. The molecule has 0 unspecified atom stereocenters. The van der Waals surface area contributed by atoms with Crippen molar-refractivity contribution in [2.75, 3.05) is 33.2 Å². The summed E-state index contributed by atoms with van der Waals surface area (Å²) in [5, 5.41) is 11.6. The minimum atomic E-state index is -0.859. The molecule has 0 aromatic heterocycles. The van der Waals surface area contributed by atoms with E-state index in [2.05, 4.69) is 5.32 Å². The van der Waals surface area contributed by atoms with Gasteiger partial charge in [0.2, 0.25) is 0 Å². The molecule has 0 fully saturated rings. The standard InChI is InChI=1S/C12H17NO5/c1-16-9-7-11(18-3)10(17-2)6-8(9)13-5-4-12(14)15/h6-7,13H,4-5H2,1-3H3,(H,14,15). The number of hydrogen-bond acceptors (Lipinski definition) is 5. The van der Waals surface area contributed by atoms with Crippen LogP contribution in [0.3, 0.4) is 0 Å². The van der Waals surface area contributed by atoms with E-state index in [1.54, 1.807) is 12.1 Å². The Labute approximate surface area is 105 Å². The largest absolute Gasteiger partial charge is 0.494 e. The van der Waals surface area contributed by atoms with Gasteiger partial charge in [0.1, 0.15) is 5.75 Å². The highest BCUT2D eigenvalue weighted by molar-refractivity contribution is 5.69. The number of hydrogen-bond donors (Lipinski definition) is 2. The Morgan fingerprint density at radius 2 is 1.67 bits per heavy atom. The van der Waals surface area contributed by atoms with Gasteiger partial charge < -0.3 is 24.6 Å². The fourth-order valence-electron chi connectivity index (χ4n) is 1.47. The highest BCUT2D eigenvalue weighted by Crippen LogP contribution is 2.37. The van der Waals surface area contributed by atoms with Gasteiger partial charge in [-0.05, 0) is 0 Å². The molecule has 1 aromatic carbocycles. The normalized spacial score (nSPS) is 9.72. The Morgan fingerprint density at radius 3 is 2.17 bits per heavy atom. The summed E-state index contributed by atoms with van der Waals surface area (Å²) < 4.78 is 15.5. The molecule has 0 aliphatic carbocycles. The van der Waals surface area contributed by atoms with Crippen molar-refractivity contribution in [1.29, 1.82) is 0 Å². The summed E-state index contributed by atoms with van der Waals surface area (Å²) >= 11 is 0. The van der Waals surface area contributed by atoms with Crippen molar-refractivity contribution in [2.24, 2.45) is 0 Å². The van der Waals surface area contributed by atoms with Gasteiger partial charge >= 0.3 is 5.97 Å². The van der Waals surface area contributed by atoms with Crippen LogP contribution < -0.4 is 19.5 Å². The Kier molecular flexibility index (Phi) is 5.10. The Hall–Kier alpha value is -2.11. The molecule has 0 amide bonds. The van der Waals surface area contributed by atoms with Crippen LogP contribution in [0.15, 0.2) is 12.1 Å². The van der Waals surface area contributed by atoms with Crippen LogP contribution in [-0.4, -0.2) is 38.9 Å². The number of anilines is 1. The zero-order valence-corrected chi connectivity index (χ0v) is 10.6. The Bertz CT molecular complexity index is 419. The van der Waals surface area contributed by atoms with Crippen LogP contribution in [0, 0.1) is 0 Å². The summed E-state index contributed by atoms with van der Waals surface area (Å²) in [4.78, 5) is 10.5. The first-order valence-corrected chi connectivity index (χ1v) is 5.38. The van der Waals surface area contributed by atoms with E-state index in [-0.39, 0.29) is 6.42 Å². The van der Waals surface area contributed by atoms with Crippen LogP contribution in [0.5, 0.6) is 17.2 Å². The number of carboxylic acids is 1. The van der Waals surface area contributed by atoms with Crippen molar-refractivity contribution >= 4 is 11.7 Å². The van der Waals surface area contributed by atoms with E-state index >= 15 is 0 Å². The molecule has 0 bridgehead atoms. The Morgan fingerprint density at radius 1 is 1.11 bits per heavy atom. The molecule has 0 aliphatic heterocycles. The van der Waals surface area contributed by atoms with E-state index in [9.17, 15) is 4.79 Å². The van der Waals surface area contributed by atoms with Gasteiger partial charge in [-0.3, -0.25) is 4.79 Å². The van der Waals surface area contributed by atoms with Gasteiger partial charge in [0.25, 0.3) is 0 Å². The van der Waals surface area contributed by atoms with Crippen LogP contribution in [0.4, 0.5) is 5.69 Å². The molecule has 0 atom stereocenters. The van der Waals surface area contributed by atoms with Crippen molar-refractivity contribution in [1.82, 2.24) is 0 Å². The summed E-state index contributed by atoms with van der Waals surface area (Å²) in [6.45, 7) is 0.307. The van der Waals surface area contributed by atoms with Crippen LogP contribution in [-0.2, 0) is 4.79 Å². The first kappa shape index (κ1) is 14.0. The lowest BCUT2D eigenvalue weighted by atomic mass is 10.2. The van der Waals surface area contributed by atoms with Gasteiger partial charge in [-0.1, -0.05) is 0 Å². The maximum Gasteiger partial charge on any atom is 0.305 e. The molecule has 2 N–H and O–H groups in total. The monoisotopic (exact) mass is 255 g/mol. The number of nitrogens with one attached hydrogen (secondary N) is 1. The van der Waals surface area contributed by atoms with Crippen molar-refractivity contribution in [3.8, 4) is 17.2 Å². The van der Waals surface area contributed by atoms with Crippen LogP contribution in [0.2, 0.25) is 0 Å². The highest BCUT2D eigenvalue weighted by atomic mass is 16.5. The van der Waals surface area contributed by atoms with Gasteiger partial charge in [0, 0.05) is 18.7 Å². The summed E-state index contributed by atoms with van der Waals surface area (Å²) in [6.07, 6.45) is 0.0253. The lowest BCUT2D eigenvalue weighted by Crippen LogP contribution is -2.08. The summed E-state index contributed by atoms with van der Waals surface area (Å²) in [6, 6.07) is 3.39. The second kappa shape index (κ2) is 6.58. The second-order valence-electron chi connectivity index (χ2n) is 3.48. The number of carboxylic acid groups (broad SMARTS) is 1. The molecule has 0 aliphatic rings. The molecule has 100 valence electrons. The van der Waals surface area contributed by atoms with E-state index in [4.69, 9.17) is 19.3 Å². The van der Waals surface area contributed by atoms with Gasteiger partial charge in [-0.25, -0.2) is 0 Å². The fourth-order valence-corrected chi connectivity index (χ4v) is 1.47. The van der Waals surface area contributed by atoms with Crippen molar-refractivity contribution < 1.29 is 24.1 Å². The second-order valence-corrected chi connectivity index (χ2v) is 3.48. The molecule has 1 rings (SSSR count). The maximum atomic E-state index is 10.5. The van der Waals surface area contributed by atoms with E-state index in [1.807, 2.05) is 0 Å². The highest BCUT2D eigenvalue weighted by Gasteiger charge is 2.11. The van der Waals surface area contributed by atoms with Gasteiger partial charge in [-0.15, -0.1) is 0 Å². The molecule has 0 saturated carbocycles. The number of carbonyl (C=O) groups is 1. The minimum absolute atomic E-state index is 0.0253. The molecule has 1 aromatic rings. The Balaban J connectivity index is 2.91. The first-order chi connectivity index (χ1) is 8.62. The molecule has 0 heterocycles. The predicted octanol–water partition coefficient (Wildman–Crippen LogP) is 1.60. The zero-order valence-electron chi connectivity index (χ0n) is 10.6. The van der Waals surface area contributed by atoms with E-state index < -0.39 is 5.97 Å². The minimum Gasteiger partial charge on any atom is -0.494 e. The summed E-state index contributed by atoms with van der Waals surface area (Å²) in [5.41, 5.74) is 0.663. The summed E-state index contributed by atoms with van der Waals surface area (Å²) in [5.74, 6) is 0.814. The third-order valence-electron chi connectivity index (χ3n) is 2.36. The van der Waals surface area contributed by atoms with E-state index in [1.165, 1.54) is 21.3 Å². The van der Waals surface area contributed by atoms with Crippen LogP contribution >= 0.6 is 0 Å². The molecule has 6 heteroatoms. The average molecular weight is 255 g/mol. The molecule has 0 spiro atoms. The molecular formula is C12H17NO5. The van der Waals surface area contributed by atoms with Gasteiger partial charge in [0.15, 0.2) is 11.5 Å². The third kappa shape index (κ3) is 3.44. The number of rotatable bonds is 7. The van der Waals surface area contributed by atoms with E-state index in [0.29, 0.717) is 29.5 Å². The number of benzene rings is 1. The topological polar surface area (TPSA) is 77.0 Å². The van der Waals surface area contributed by atoms with Crippen molar-refractivity contribution in [3.05, 3.63) is 12.1 Å². The van der Waals surface area contributed by atoms with Gasteiger partial charge in [0.05, 0.1) is 33.4 Å². The van der Waals surface area contributed by atoms with E-state index in [0.717, 1.165) is 0 Å². The van der Waals surface area contributed by atoms with Crippen molar-refractivity contribution in [2.45, 2.75) is 6.42 Å². The average Bonchev–Trinajstić information content (AvgIpc) is 2.37. The smallest absolute Gasteiger partial charge is 0.305 e.